The predicted octanol–water partition coefficient (Wildman–Crippen LogP) is 2.90. The molecule has 1 atom stereocenters. The highest BCUT2D eigenvalue weighted by molar-refractivity contribution is 5.92. The topological polar surface area (TPSA) is 64.7 Å². The minimum atomic E-state index is -0.384. The van der Waals surface area contributed by atoms with Crippen molar-refractivity contribution in [2.75, 3.05) is 44.6 Å². The molecule has 1 aliphatic rings. The van der Waals surface area contributed by atoms with E-state index < -0.39 is 0 Å². The quantitative estimate of drug-likeness (QED) is 0.681. The van der Waals surface area contributed by atoms with Crippen molar-refractivity contribution in [3.8, 4) is 0 Å². The molecule has 0 saturated carbocycles. The number of amides is 2. The number of hydrogen-bond donors (Lipinski definition) is 2. The summed E-state index contributed by atoms with van der Waals surface area (Å²) in [6.07, 6.45) is 0. The Bertz CT molecular complexity index is 867. The number of halogens is 1. The first-order chi connectivity index (χ1) is 14.9. The Hall–Kier alpha value is -2.77. The lowest BCUT2D eigenvalue weighted by atomic mass is 9.96. The molecule has 31 heavy (non-hydrogen) atoms. The summed E-state index contributed by atoms with van der Waals surface area (Å²) in [5.41, 5.74) is 1.63. The number of anilines is 1. The van der Waals surface area contributed by atoms with Crippen molar-refractivity contribution in [3.63, 3.8) is 0 Å². The Morgan fingerprint density at radius 3 is 2.35 bits per heavy atom. The summed E-state index contributed by atoms with van der Waals surface area (Å²) < 4.78 is 13.2. The normalized spacial score (nSPS) is 15.7. The third-order valence-electron chi connectivity index (χ3n) is 5.50. The van der Waals surface area contributed by atoms with Crippen LogP contribution in [0.1, 0.15) is 25.5 Å². The molecule has 2 amide bonds. The molecule has 1 saturated heterocycles. The lowest BCUT2D eigenvalue weighted by molar-refractivity contribution is -0.132. The Balaban J connectivity index is 1.42. The van der Waals surface area contributed by atoms with Crippen molar-refractivity contribution in [3.05, 3.63) is 66.0 Å². The van der Waals surface area contributed by atoms with E-state index in [1.165, 1.54) is 17.7 Å². The van der Waals surface area contributed by atoms with Crippen molar-refractivity contribution in [2.45, 2.75) is 19.9 Å². The molecule has 0 spiro atoms. The molecule has 3 rings (SSSR count). The number of nitrogens with zero attached hydrogens (tertiary/aromatic N) is 2. The Labute approximate surface area is 183 Å². The lowest BCUT2D eigenvalue weighted by Gasteiger charge is -2.35. The molecule has 166 valence electrons. The van der Waals surface area contributed by atoms with Crippen LogP contribution in [0.2, 0.25) is 0 Å². The van der Waals surface area contributed by atoms with Gasteiger partial charge in [-0.1, -0.05) is 50.2 Å². The fraction of sp³-hybridized carbons (Fsp3) is 0.417. The van der Waals surface area contributed by atoms with E-state index in [2.05, 4.69) is 36.6 Å². The summed E-state index contributed by atoms with van der Waals surface area (Å²) in [5.74, 6) is -0.130. The molecule has 0 aliphatic carbocycles. The summed E-state index contributed by atoms with van der Waals surface area (Å²) in [4.78, 5) is 28.8. The van der Waals surface area contributed by atoms with Crippen LogP contribution in [0.4, 0.5) is 10.1 Å². The second kappa shape index (κ2) is 11.0. The third-order valence-corrected chi connectivity index (χ3v) is 5.50. The van der Waals surface area contributed by atoms with Crippen LogP contribution in [0.3, 0.4) is 0 Å². The molecule has 0 radical (unpaired) electrons. The van der Waals surface area contributed by atoms with Gasteiger partial charge in [-0.2, -0.15) is 0 Å². The molecular weight excluding hydrogens is 395 g/mol. The van der Waals surface area contributed by atoms with Gasteiger partial charge in [-0.3, -0.25) is 14.5 Å². The van der Waals surface area contributed by atoms with Crippen LogP contribution >= 0.6 is 0 Å². The molecule has 1 aliphatic heterocycles. The number of carbonyl (C=O) groups is 2. The molecule has 0 bridgehead atoms. The fourth-order valence-electron chi connectivity index (χ4n) is 3.83. The monoisotopic (exact) mass is 426 g/mol. The van der Waals surface area contributed by atoms with Gasteiger partial charge in [0.2, 0.25) is 11.8 Å². The van der Waals surface area contributed by atoms with Gasteiger partial charge in [-0.25, -0.2) is 4.39 Å². The minimum Gasteiger partial charge on any atom is -0.339 e. The summed E-state index contributed by atoms with van der Waals surface area (Å²) >= 11 is 0. The number of hydrogen-bond acceptors (Lipinski definition) is 4. The third kappa shape index (κ3) is 6.87. The molecule has 0 aromatic heterocycles. The number of carbonyl (C=O) groups excluding carboxylic acids is 2. The Kier molecular flexibility index (Phi) is 8.14. The minimum absolute atomic E-state index is 0.0745. The molecule has 7 heteroatoms. The summed E-state index contributed by atoms with van der Waals surface area (Å²) in [5, 5.41) is 6.12. The highest BCUT2D eigenvalue weighted by Crippen LogP contribution is 2.21. The van der Waals surface area contributed by atoms with Gasteiger partial charge in [0.1, 0.15) is 5.82 Å². The maximum atomic E-state index is 13.2. The van der Waals surface area contributed by atoms with Gasteiger partial charge < -0.3 is 15.5 Å². The molecule has 0 unspecified atom stereocenters. The van der Waals surface area contributed by atoms with E-state index >= 15 is 0 Å². The van der Waals surface area contributed by atoms with Crippen LogP contribution in [0.5, 0.6) is 0 Å². The van der Waals surface area contributed by atoms with Gasteiger partial charge in [0.25, 0.3) is 0 Å². The van der Waals surface area contributed by atoms with Crippen molar-refractivity contribution >= 4 is 17.5 Å². The van der Waals surface area contributed by atoms with E-state index in [1.807, 2.05) is 28.0 Å². The zero-order chi connectivity index (χ0) is 22.2. The van der Waals surface area contributed by atoms with Crippen LogP contribution in [-0.2, 0) is 9.59 Å². The molecule has 1 fully saturated rings. The largest absolute Gasteiger partial charge is 0.339 e. The van der Waals surface area contributed by atoms with E-state index in [9.17, 15) is 14.0 Å². The number of rotatable bonds is 8. The van der Waals surface area contributed by atoms with Crippen molar-refractivity contribution in [2.24, 2.45) is 5.92 Å². The highest BCUT2D eigenvalue weighted by atomic mass is 19.1. The van der Waals surface area contributed by atoms with E-state index in [4.69, 9.17) is 0 Å². The second-order valence-corrected chi connectivity index (χ2v) is 8.23. The Morgan fingerprint density at radius 1 is 1.00 bits per heavy atom. The van der Waals surface area contributed by atoms with E-state index in [0.717, 1.165) is 0 Å². The van der Waals surface area contributed by atoms with Crippen molar-refractivity contribution in [1.82, 2.24) is 15.1 Å². The molecule has 2 N–H and O–H groups in total. The lowest BCUT2D eigenvalue weighted by Crippen LogP contribution is -2.52. The van der Waals surface area contributed by atoms with Gasteiger partial charge >= 0.3 is 0 Å². The van der Waals surface area contributed by atoms with Gasteiger partial charge in [0.15, 0.2) is 0 Å². The van der Waals surface area contributed by atoms with E-state index in [0.29, 0.717) is 37.8 Å². The predicted molar refractivity (Wildman–Crippen MR) is 120 cm³/mol. The standard InChI is InChI=1S/C24H31FN4O2/c1-18(2)24(19-7-4-3-5-8-19)26-16-23(31)29-13-11-28(12-14-29)17-22(30)27-21-10-6-9-20(25)15-21/h3-10,15,18,24,26H,11-14,16-17H2,1-2H3,(H,27,30)/t24-/m0/s1. The number of benzene rings is 2. The summed E-state index contributed by atoms with van der Waals surface area (Å²) in [6, 6.07) is 16.1. The van der Waals surface area contributed by atoms with Crippen LogP contribution in [-0.4, -0.2) is 60.9 Å². The number of nitrogens with one attached hydrogen (secondary N) is 2. The molecule has 6 nitrogen and oxygen atoms in total. The van der Waals surface area contributed by atoms with Crippen LogP contribution in [0.15, 0.2) is 54.6 Å². The SMILES string of the molecule is CC(C)[C@H](NCC(=O)N1CCN(CC(=O)Nc2cccc(F)c2)CC1)c1ccccc1. The zero-order valence-corrected chi connectivity index (χ0v) is 18.2. The maximum Gasteiger partial charge on any atom is 0.238 e. The van der Waals surface area contributed by atoms with Crippen molar-refractivity contribution in [1.29, 1.82) is 0 Å². The summed E-state index contributed by atoms with van der Waals surface area (Å²) in [6.45, 7) is 7.24. The average Bonchev–Trinajstić information content (AvgIpc) is 2.74. The van der Waals surface area contributed by atoms with Crippen LogP contribution in [0.25, 0.3) is 0 Å². The van der Waals surface area contributed by atoms with Crippen LogP contribution < -0.4 is 10.6 Å². The van der Waals surface area contributed by atoms with Gasteiger partial charge in [-0.05, 0) is 29.7 Å². The highest BCUT2D eigenvalue weighted by Gasteiger charge is 2.24. The van der Waals surface area contributed by atoms with Crippen LogP contribution in [0, 0.1) is 11.7 Å². The van der Waals surface area contributed by atoms with E-state index in [1.54, 1.807) is 12.1 Å². The molecule has 1 heterocycles. The fourth-order valence-corrected chi connectivity index (χ4v) is 3.83. The smallest absolute Gasteiger partial charge is 0.238 e. The first-order valence-corrected chi connectivity index (χ1v) is 10.8. The van der Waals surface area contributed by atoms with Gasteiger partial charge in [0, 0.05) is 37.9 Å². The Morgan fingerprint density at radius 2 is 1.71 bits per heavy atom. The van der Waals surface area contributed by atoms with Crippen molar-refractivity contribution < 1.29 is 14.0 Å². The maximum absolute atomic E-state index is 13.2. The molecular formula is C24H31FN4O2. The second-order valence-electron chi connectivity index (χ2n) is 8.23. The van der Waals surface area contributed by atoms with Gasteiger partial charge in [-0.15, -0.1) is 0 Å². The van der Waals surface area contributed by atoms with E-state index in [-0.39, 0.29) is 36.8 Å². The number of piperazine rings is 1. The first kappa shape index (κ1) is 22.9. The molecule has 2 aromatic rings. The summed E-state index contributed by atoms with van der Waals surface area (Å²) in [7, 11) is 0. The average molecular weight is 427 g/mol. The first-order valence-electron chi connectivity index (χ1n) is 10.8. The zero-order valence-electron chi connectivity index (χ0n) is 18.2. The van der Waals surface area contributed by atoms with Gasteiger partial charge in [0.05, 0.1) is 13.1 Å². The molecule has 2 aromatic carbocycles.